The van der Waals surface area contributed by atoms with Crippen LogP contribution < -0.4 is 0 Å². The molecule has 0 aliphatic heterocycles. The number of hydrogen-bond acceptors (Lipinski definition) is 5. The van der Waals surface area contributed by atoms with Crippen molar-refractivity contribution < 1.29 is 14.2 Å². The van der Waals surface area contributed by atoms with E-state index < -0.39 is 0 Å². The summed E-state index contributed by atoms with van der Waals surface area (Å²) in [5.41, 5.74) is 0. The lowest BCUT2D eigenvalue weighted by molar-refractivity contribution is -0.0630. The molecular formula is C23H50N2O3. The van der Waals surface area contributed by atoms with Gasteiger partial charge in [-0.3, -0.25) is 9.80 Å². The largest absolute Gasteiger partial charge is 0.366 e. The summed E-state index contributed by atoms with van der Waals surface area (Å²) in [6.45, 7) is 25.1. The van der Waals surface area contributed by atoms with Crippen molar-refractivity contribution in [3.05, 3.63) is 0 Å². The third-order valence-corrected chi connectivity index (χ3v) is 4.16. The Balaban J connectivity index is 4.50. The number of rotatable bonds is 19. The second-order valence-corrected chi connectivity index (χ2v) is 9.73. The minimum atomic E-state index is 0.551. The van der Waals surface area contributed by atoms with Gasteiger partial charge in [0.1, 0.15) is 13.5 Å². The third kappa shape index (κ3) is 19.1. The summed E-state index contributed by atoms with van der Waals surface area (Å²) in [6, 6.07) is 0. The average molecular weight is 403 g/mol. The topological polar surface area (TPSA) is 34.2 Å². The van der Waals surface area contributed by atoms with E-state index >= 15 is 0 Å². The summed E-state index contributed by atoms with van der Waals surface area (Å²) >= 11 is 0. The highest BCUT2D eigenvalue weighted by atomic mass is 16.5. The number of ether oxygens (including phenoxy) is 3. The lowest BCUT2D eigenvalue weighted by atomic mass is 10.1. The fourth-order valence-corrected chi connectivity index (χ4v) is 2.67. The summed E-state index contributed by atoms with van der Waals surface area (Å²) in [7, 11) is 0. The molecule has 0 aliphatic rings. The van der Waals surface area contributed by atoms with E-state index in [-0.39, 0.29) is 0 Å². The zero-order valence-electron chi connectivity index (χ0n) is 20.2. The van der Waals surface area contributed by atoms with Gasteiger partial charge >= 0.3 is 0 Å². The number of hydrogen-bond donors (Lipinski definition) is 0. The maximum atomic E-state index is 5.92. The second-order valence-electron chi connectivity index (χ2n) is 9.73. The van der Waals surface area contributed by atoms with Crippen LogP contribution in [0.5, 0.6) is 0 Å². The summed E-state index contributed by atoms with van der Waals surface area (Å²) in [5, 5.41) is 0. The molecule has 0 aromatic carbocycles. The molecule has 0 amide bonds. The maximum Gasteiger partial charge on any atom is 0.101 e. The molecule has 0 aromatic rings. The van der Waals surface area contributed by atoms with Gasteiger partial charge in [-0.25, -0.2) is 0 Å². The van der Waals surface area contributed by atoms with Gasteiger partial charge in [0.05, 0.1) is 26.6 Å². The molecule has 0 saturated carbocycles. The molecule has 5 heteroatoms. The van der Waals surface area contributed by atoms with Gasteiger partial charge in [-0.15, -0.1) is 0 Å². The van der Waals surface area contributed by atoms with Crippen LogP contribution in [0.25, 0.3) is 0 Å². The molecule has 0 heterocycles. The minimum absolute atomic E-state index is 0.551. The van der Waals surface area contributed by atoms with Crippen LogP contribution in [0.1, 0.15) is 68.2 Å². The quantitative estimate of drug-likeness (QED) is 0.287. The smallest absolute Gasteiger partial charge is 0.101 e. The molecule has 0 radical (unpaired) electrons. The second kappa shape index (κ2) is 17.6. The Morgan fingerprint density at radius 1 is 0.500 bits per heavy atom. The van der Waals surface area contributed by atoms with Crippen LogP contribution in [0.2, 0.25) is 0 Å². The monoisotopic (exact) mass is 402 g/mol. The molecule has 0 aliphatic carbocycles. The molecule has 0 N–H and O–H groups in total. The van der Waals surface area contributed by atoms with Gasteiger partial charge in [-0.05, 0) is 36.5 Å². The Bertz CT molecular complexity index is 276. The van der Waals surface area contributed by atoms with Crippen LogP contribution in [0.4, 0.5) is 0 Å². The van der Waals surface area contributed by atoms with E-state index in [2.05, 4.69) is 65.2 Å². The molecule has 170 valence electrons. The van der Waals surface area contributed by atoms with Crippen molar-refractivity contribution in [3.63, 3.8) is 0 Å². The molecule has 0 bridgehead atoms. The lowest BCUT2D eigenvalue weighted by Gasteiger charge is -2.28. The minimum Gasteiger partial charge on any atom is -0.366 e. The molecule has 0 fully saturated rings. The van der Waals surface area contributed by atoms with Crippen LogP contribution >= 0.6 is 0 Å². The van der Waals surface area contributed by atoms with Crippen molar-refractivity contribution >= 4 is 0 Å². The molecule has 0 unspecified atom stereocenters. The predicted octanol–water partition coefficient (Wildman–Crippen LogP) is 4.92. The fourth-order valence-electron chi connectivity index (χ4n) is 2.67. The van der Waals surface area contributed by atoms with Gasteiger partial charge in [0, 0.05) is 19.6 Å². The molecule has 0 atom stereocenters. The van der Waals surface area contributed by atoms with Crippen LogP contribution in [0.3, 0.4) is 0 Å². The molecule has 0 rings (SSSR count). The van der Waals surface area contributed by atoms with Gasteiger partial charge in [0.25, 0.3) is 0 Å². The first-order chi connectivity index (χ1) is 13.2. The van der Waals surface area contributed by atoms with E-state index in [4.69, 9.17) is 14.2 Å². The zero-order valence-corrected chi connectivity index (χ0v) is 20.2. The first-order valence-corrected chi connectivity index (χ1v) is 11.4. The highest BCUT2D eigenvalue weighted by molar-refractivity contribution is 4.60. The Morgan fingerprint density at radius 3 is 1.29 bits per heavy atom. The van der Waals surface area contributed by atoms with Crippen LogP contribution in [-0.4, -0.2) is 69.4 Å². The normalized spacial score (nSPS) is 12.6. The highest BCUT2D eigenvalue weighted by Gasteiger charge is 2.12. The Hall–Kier alpha value is -0.200. The van der Waals surface area contributed by atoms with Crippen LogP contribution in [0.15, 0.2) is 0 Å². The van der Waals surface area contributed by atoms with E-state index in [1.54, 1.807) is 0 Å². The van der Waals surface area contributed by atoms with Crippen molar-refractivity contribution in [3.8, 4) is 0 Å². The lowest BCUT2D eigenvalue weighted by Crippen LogP contribution is -2.39. The predicted molar refractivity (Wildman–Crippen MR) is 119 cm³/mol. The summed E-state index contributed by atoms with van der Waals surface area (Å²) < 4.78 is 17.7. The van der Waals surface area contributed by atoms with Crippen molar-refractivity contribution in [1.29, 1.82) is 0 Å². The van der Waals surface area contributed by atoms with Crippen molar-refractivity contribution in [2.75, 3.05) is 59.6 Å². The van der Waals surface area contributed by atoms with Gasteiger partial charge in [0.2, 0.25) is 0 Å². The molecular weight excluding hydrogens is 352 g/mol. The van der Waals surface area contributed by atoms with Gasteiger partial charge in [-0.2, -0.15) is 0 Å². The Labute approximate surface area is 176 Å². The van der Waals surface area contributed by atoms with Gasteiger partial charge in [0.15, 0.2) is 0 Å². The van der Waals surface area contributed by atoms with Crippen LogP contribution in [-0.2, 0) is 14.2 Å². The SMILES string of the molecule is CC(C)CCCN(CCN(COCC(C)C)COCC(C)C)COCC(C)C. The molecule has 5 nitrogen and oxygen atoms in total. The molecule has 0 spiro atoms. The Kier molecular flexibility index (Phi) is 17.5. The standard InChI is InChI=1S/C23H50N2O3/c1-20(2)10-9-11-24(17-26-14-21(3)4)12-13-25(18-27-15-22(5)6)19-28-16-23(7)8/h20-23H,9-19H2,1-8H3. The van der Waals surface area contributed by atoms with E-state index in [0.717, 1.165) is 45.4 Å². The van der Waals surface area contributed by atoms with Gasteiger partial charge in [-0.1, -0.05) is 55.4 Å². The van der Waals surface area contributed by atoms with Crippen molar-refractivity contribution in [1.82, 2.24) is 9.80 Å². The summed E-state index contributed by atoms with van der Waals surface area (Å²) in [6.07, 6.45) is 2.48. The third-order valence-electron chi connectivity index (χ3n) is 4.16. The number of nitrogens with zero attached hydrogens (tertiary/aromatic N) is 2. The average Bonchev–Trinajstić information content (AvgIpc) is 2.57. The fraction of sp³-hybridized carbons (Fsp3) is 1.00. The summed E-state index contributed by atoms with van der Waals surface area (Å²) in [4.78, 5) is 4.70. The molecule has 0 saturated heterocycles. The van der Waals surface area contributed by atoms with Crippen LogP contribution in [0, 0.1) is 23.7 Å². The van der Waals surface area contributed by atoms with E-state index in [1.807, 2.05) is 0 Å². The first-order valence-electron chi connectivity index (χ1n) is 11.4. The van der Waals surface area contributed by atoms with E-state index in [1.165, 1.54) is 12.8 Å². The molecule has 28 heavy (non-hydrogen) atoms. The Morgan fingerprint density at radius 2 is 0.893 bits per heavy atom. The first kappa shape index (κ1) is 27.8. The van der Waals surface area contributed by atoms with E-state index in [0.29, 0.717) is 37.9 Å². The van der Waals surface area contributed by atoms with E-state index in [9.17, 15) is 0 Å². The van der Waals surface area contributed by atoms with Gasteiger partial charge < -0.3 is 14.2 Å². The maximum absolute atomic E-state index is 5.92. The zero-order chi connectivity index (χ0) is 21.4. The van der Waals surface area contributed by atoms with Crippen molar-refractivity contribution in [2.24, 2.45) is 23.7 Å². The molecule has 0 aromatic heterocycles. The van der Waals surface area contributed by atoms with Crippen molar-refractivity contribution in [2.45, 2.75) is 68.2 Å². The summed E-state index contributed by atoms with van der Waals surface area (Å²) in [5.74, 6) is 2.43. The highest BCUT2D eigenvalue weighted by Crippen LogP contribution is 2.06.